The maximum Gasteiger partial charge on any atom is 0.275 e. The van der Waals surface area contributed by atoms with Crippen molar-refractivity contribution < 1.29 is 9.53 Å². The lowest BCUT2D eigenvalue weighted by Gasteiger charge is -2.27. The van der Waals surface area contributed by atoms with Crippen molar-refractivity contribution in [1.29, 1.82) is 0 Å². The van der Waals surface area contributed by atoms with Gasteiger partial charge in [-0.25, -0.2) is 9.97 Å². The van der Waals surface area contributed by atoms with Crippen LogP contribution in [0.25, 0.3) is 0 Å². The second kappa shape index (κ2) is 6.75. The lowest BCUT2D eigenvalue weighted by atomic mass is 10.1. The lowest BCUT2D eigenvalue weighted by molar-refractivity contribution is 0.102. The first kappa shape index (κ1) is 15.4. The Kier molecular flexibility index (Phi) is 4.52. The van der Waals surface area contributed by atoms with Crippen LogP contribution in [0.15, 0.2) is 30.6 Å². The first-order valence-electron chi connectivity index (χ1n) is 7.66. The van der Waals surface area contributed by atoms with Crippen molar-refractivity contribution >= 4 is 17.4 Å². The third-order valence-corrected chi connectivity index (χ3v) is 3.69. The molecule has 1 amide bonds. The molecule has 1 fully saturated rings. The summed E-state index contributed by atoms with van der Waals surface area (Å²) in [4.78, 5) is 23.0. The molecule has 2 heterocycles. The smallest absolute Gasteiger partial charge is 0.275 e. The van der Waals surface area contributed by atoms with Gasteiger partial charge in [0.1, 0.15) is 11.5 Å². The third-order valence-electron chi connectivity index (χ3n) is 3.69. The minimum absolute atomic E-state index is 0.254. The summed E-state index contributed by atoms with van der Waals surface area (Å²) in [5, 5.41) is 2.86. The molecule has 23 heavy (non-hydrogen) atoms. The number of nitrogens with one attached hydrogen (secondary N) is 1. The predicted octanol–water partition coefficient (Wildman–Crippen LogP) is 2.18. The zero-order chi connectivity index (χ0) is 16.2. The van der Waals surface area contributed by atoms with Crippen molar-refractivity contribution in [3.05, 3.63) is 47.4 Å². The first-order chi connectivity index (χ1) is 11.1. The molecule has 0 unspecified atom stereocenters. The number of amides is 1. The van der Waals surface area contributed by atoms with Gasteiger partial charge in [0.05, 0.1) is 25.6 Å². The molecule has 0 bridgehead atoms. The Morgan fingerprint density at radius 3 is 2.39 bits per heavy atom. The molecular formula is C17H20N4O2. The number of rotatable bonds is 3. The molecule has 120 valence electrons. The van der Waals surface area contributed by atoms with Gasteiger partial charge in [-0.2, -0.15) is 0 Å². The minimum atomic E-state index is -0.254. The van der Waals surface area contributed by atoms with E-state index in [-0.39, 0.29) is 5.91 Å². The van der Waals surface area contributed by atoms with Crippen LogP contribution in [0.1, 0.15) is 21.6 Å². The van der Waals surface area contributed by atoms with Gasteiger partial charge in [0.2, 0.25) is 0 Å². The summed E-state index contributed by atoms with van der Waals surface area (Å²) in [5.74, 6) is 0.521. The van der Waals surface area contributed by atoms with Crippen LogP contribution in [-0.2, 0) is 4.74 Å². The Balaban J connectivity index is 1.69. The molecule has 0 radical (unpaired) electrons. The van der Waals surface area contributed by atoms with E-state index in [2.05, 4.69) is 26.3 Å². The van der Waals surface area contributed by atoms with E-state index in [1.54, 1.807) is 6.20 Å². The van der Waals surface area contributed by atoms with Gasteiger partial charge in [-0.15, -0.1) is 0 Å². The Morgan fingerprint density at radius 2 is 1.78 bits per heavy atom. The van der Waals surface area contributed by atoms with Crippen molar-refractivity contribution in [1.82, 2.24) is 9.97 Å². The molecular weight excluding hydrogens is 292 g/mol. The quantitative estimate of drug-likeness (QED) is 0.941. The summed E-state index contributed by atoms with van der Waals surface area (Å²) < 4.78 is 5.31. The van der Waals surface area contributed by atoms with Gasteiger partial charge < -0.3 is 15.0 Å². The number of carbonyl (C=O) groups excluding carboxylic acids is 1. The van der Waals surface area contributed by atoms with Gasteiger partial charge in [-0.05, 0) is 37.1 Å². The number of aryl methyl sites for hydroxylation is 2. The van der Waals surface area contributed by atoms with Crippen LogP contribution in [0.2, 0.25) is 0 Å². The van der Waals surface area contributed by atoms with Gasteiger partial charge in [-0.3, -0.25) is 4.79 Å². The molecule has 6 heteroatoms. The Labute approximate surface area is 135 Å². The Morgan fingerprint density at radius 1 is 1.09 bits per heavy atom. The summed E-state index contributed by atoms with van der Waals surface area (Å²) in [5.41, 5.74) is 3.29. The SMILES string of the molecule is Cc1cc(C)cc(NC(=O)c2cnc(N3CCOCC3)cn2)c1. The summed E-state index contributed by atoms with van der Waals surface area (Å²) in [6.07, 6.45) is 3.16. The van der Waals surface area contributed by atoms with Gasteiger partial charge in [0, 0.05) is 18.8 Å². The summed E-state index contributed by atoms with van der Waals surface area (Å²) in [6, 6.07) is 5.92. The van der Waals surface area contributed by atoms with Gasteiger partial charge in [0.25, 0.3) is 5.91 Å². The molecule has 6 nitrogen and oxygen atoms in total. The monoisotopic (exact) mass is 312 g/mol. The summed E-state index contributed by atoms with van der Waals surface area (Å²) in [6.45, 7) is 6.97. The molecule has 0 spiro atoms. The van der Waals surface area contributed by atoms with Crippen LogP contribution in [0.4, 0.5) is 11.5 Å². The normalized spacial score (nSPS) is 14.6. The molecule has 0 aliphatic carbocycles. The molecule has 0 saturated carbocycles. The van der Waals surface area contributed by atoms with Crippen LogP contribution in [0.3, 0.4) is 0 Å². The van der Waals surface area contributed by atoms with Gasteiger partial charge >= 0.3 is 0 Å². The van der Waals surface area contributed by atoms with Crippen molar-refractivity contribution in [3.63, 3.8) is 0 Å². The van der Waals surface area contributed by atoms with Crippen molar-refractivity contribution in [3.8, 4) is 0 Å². The number of morpholine rings is 1. The fraction of sp³-hybridized carbons (Fsp3) is 0.353. The number of anilines is 2. The Bertz CT molecular complexity index is 674. The van der Waals surface area contributed by atoms with Crippen molar-refractivity contribution in [2.75, 3.05) is 36.5 Å². The van der Waals surface area contributed by atoms with Crippen molar-refractivity contribution in [2.24, 2.45) is 0 Å². The number of hydrogen-bond acceptors (Lipinski definition) is 5. The zero-order valence-electron chi connectivity index (χ0n) is 13.4. The van der Waals surface area contributed by atoms with Crippen LogP contribution in [-0.4, -0.2) is 42.2 Å². The summed E-state index contributed by atoms with van der Waals surface area (Å²) in [7, 11) is 0. The highest BCUT2D eigenvalue weighted by Gasteiger charge is 2.14. The molecule has 1 N–H and O–H groups in total. The number of carbonyl (C=O) groups is 1. The second-order valence-corrected chi connectivity index (χ2v) is 5.69. The maximum absolute atomic E-state index is 12.3. The largest absolute Gasteiger partial charge is 0.378 e. The molecule has 2 aromatic rings. The van der Waals surface area contributed by atoms with E-state index in [1.165, 1.54) is 6.20 Å². The van der Waals surface area contributed by atoms with Crippen LogP contribution < -0.4 is 10.2 Å². The highest BCUT2D eigenvalue weighted by Crippen LogP contribution is 2.15. The molecule has 3 rings (SSSR count). The van der Waals surface area contributed by atoms with Crippen LogP contribution in [0.5, 0.6) is 0 Å². The van der Waals surface area contributed by atoms with E-state index in [4.69, 9.17) is 4.74 Å². The highest BCUT2D eigenvalue weighted by atomic mass is 16.5. The number of aromatic nitrogens is 2. The van der Waals surface area contributed by atoms with Gasteiger partial charge in [-0.1, -0.05) is 6.07 Å². The summed E-state index contributed by atoms with van der Waals surface area (Å²) >= 11 is 0. The topological polar surface area (TPSA) is 67.4 Å². The van der Waals surface area contributed by atoms with E-state index in [0.29, 0.717) is 18.9 Å². The molecule has 1 aromatic heterocycles. The van der Waals surface area contributed by atoms with Gasteiger partial charge in [0.15, 0.2) is 0 Å². The standard InChI is InChI=1S/C17H20N4O2/c1-12-7-13(2)9-14(8-12)20-17(22)15-10-19-16(11-18-15)21-3-5-23-6-4-21/h7-11H,3-6H2,1-2H3,(H,20,22). The average Bonchev–Trinajstić information content (AvgIpc) is 2.55. The first-order valence-corrected chi connectivity index (χ1v) is 7.66. The third kappa shape index (κ3) is 3.84. The van der Waals surface area contributed by atoms with E-state index < -0.39 is 0 Å². The zero-order valence-corrected chi connectivity index (χ0v) is 13.4. The fourth-order valence-electron chi connectivity index (χ4n) is 2.64. The number of benzene rings is 1. The number of nitrogens with zero attached hydrogens (tertiary/aromatic N) is 3. The fourth-order valence-corrected chi connectivity index (χ4v) is 2.64. The number of ether oxygens (including phenoxy) is 1. The second-order valence-electron chi connectivity index (χ2n) is 5.69. The lowest BCUT2D eigenvalue weighted by Crippen LogP contribution is -2.36. The number of hydrogen-bond donors (Lipinski definition) is 1. The molecule has 1 aromatic carbocycles. The van der Waals surface area contributed by atoms with Crippen LogP contribution >= 0.6 is 0 Å². The Hall–Kier alpha value is -2.47. The highest BCUT2D eigenvalue weighted by molar-refractivity contribution is 6.02. The van der Waals surface area contributed by atoms with Crippen molar-refractivity contribution in [2.45, 2.75) is 13.8 Å². The molecule has 1 saturated heterocycles. The van der Waals surface area contributed by atoms with E-state index in [9.17, 15) is 4.79 Å². The average molecular weight is 312 g/mol. The predicted molar refractivity (Wildman–Crippen MR) is 88.9 cm³/mol. The minimum Gasteiger partial charge on any atom is -0.378 e. The van der Waals surface area contributed by atoms with Crippen LogP contribution in [0, 0.1) is 13.8 Å². The molecule has 1 aliphatic rings. The van der Waals surface area contributed by atoms with E-state index >= 15 is 0 Å². The van der Waals surface area contributed by atoms with E-state index in [0.717, 1.165) is 35.7 Å². The molecule has 0 atom stereocenters. The van der Waals surface area contributed by atoms with E-state index in [1.807, 2.05) is 26.0 Å². The maximum atomic E-state index is 12.3. The molecule has 1 aliphatic heterocycles.